The van der Waals surface area contributed by atoms with Gasteiger partial charge in [-0.3, -0.25) is 4.79 Å². The molecule has 2 rings (SSSR count). The highest BCUT2D eigenvalue weighted by molar-refractivity contribution is 8.13. The van der Waals surface area contributed by atoms with Gasteiger partial charge in [0.15, 0.2) is 6.10 Å². The second-order valence-corrected chi connectivity index (χ2v) is 7.40. The molecule has 1 fully saturated rings. The van der Waals surface area contributed by atoms with Gasteiger partial charge in [0.1, 0.15) is 5.75 Å². The Morgan fingerprint density at radius 2 is 2.05 bits per heavy atom. The number of ether oxygens (including phenoxy) is 1. The summed E-state index contributed by atoms with van der Waals surface area (Å²) in [5, 5.41) is 2.85. The van der Waals surface area contributed by atoms with E-state index in [2.05, 4.69) is 5.32 Å². The van der Waals surface area contributed by atoms with Gasteiger partial charge in [0.2, 0.25) is 0 Å². The van der Waals surface area contributed by atoms with Crippen LogP contribution in [0.4, 0.5) is 0 Å². The summed E-state index contributed by atoms with van der Waals surface area (Å²) >= 11 is 5.96. The number of carbonyl (C=O) groups is 1. The van der Waals surface area contributed by atoms with Crippen molar-refractivity contribution >= 4 is 37.2 Å². The molecular formula is C12H13Cl2NO4S. The Morgan fingerprint density at radius 1 is 1.30 bits per heavy atom. The number of nitrogens with one attached hydrogen (secondary N) is 1. The summed E-state index contributed by atoms with van der Waals surface area (Å²) in [5.41, 5.74) is 0. The fraction of sp³-hybridized carbons (Fsp3) is 0.417. The van der Waals surface area contributed by atoms with Crippen LogP contribution in [0, 0.1) is 0 Å². The normalized spacial score (nSPS) is 20.1. The van der Waals surface area contributed by atoms with Crippen molar-refractivity contribution in [3.05, 3.63) is 23.2 Å². The van der Waals surface area contributed by atoms with Crippen molar-refractivity contribution < 1.29 is 17.9 Å². The molecule has 0 aromatic heterocycles. The lowest BCUT2D eigenvalue weighted by molar-refractivity contribution is -0.127. The Hall–Kier alpha value is -0.980. The van der Waals surface area contributed by atoms with E-state index in [1.54, 1.807) is 0 Å². The highest BCUT2D eigenvalue weighted by Crippen LogP contribution is 2.30. The summed E-state index contributed by atoms with van der Waals surface area (Å²) in [6.45, 7) is 0.635. The Bertz CT molecular complexity index is 618. The Balaban J connectivity index is 2.19. The first-order valence-corrected chi connectivity index (χ1v) is 8.75. The van der Waals surface area contributed by atoms with E-state index in [1.165, 1.54) is 18.2 Å². The van der Waals surface area contributed by atoms with Crippen molar-refractivity contribution in [3.8, 4) is 5.75 Å². The molecule has 1 saturated heterocycles. The quantitative estimate of drug-likeness (QED) is 0.859. The summed E-state index contributed by atoms with van der Waals surface area (Å²) in [5.74, 6) is 0.0744. The van der Waals surface area contributed by atoms with Crippen LogP contribution >= 0.6 is 22.3 Å². The molecule has 0 aliphatic carbocycles. The van der Waals surface area contributed by atoms with E-state index in [0.29, 0.717) is 13.0 Å². The molecule has 20 heavy (non-hydrogen) atoms. The van der Waals surface area contributed by atoms with Crippen molar-refractivity contribution in [2.75, 3.05) is 6.54 Å². The van der Waals surface area contributed by atoms with Crippen LogP contribution in [0.1, 0.15) is 19.3 Å². The number of rotatable bonds is 3. The first-order chi connectivity index (χ1) is 9.38. The van der Waals surface area contributed by atoms with Crippen LogP contribution < -0.4 is 10.1 Å². The van der Waals surface area contributed by atoms with Gasteiger partial charge in [0.05, 0.1) is 9.92 Å². The van der Waals surface area contributed by atoms with E-state index in [1.807, 2.05) is 0 Å². The molecule has 1 unspecified atom stereocenters. The molecule has 0 saturated carbocycles. The lowest BCUT2D eigenvalue weighted by Crippen LogP contribution is -2.36. The van der Waals surface area contributed by atoms with Gasteiger partial charge in [0.25, 0.3) is 15.0 Å². The van der Waals surface area contributed by atoms with Crippen molar-refractivity contribution in [2.24, 2.45) is 0 Å². The lowest BCUT2D eigenvalue weighted by atomic mass is 10.2. The molecule has 1 atom stereocenters. The topological polar surface area (TPSA) is 72.5 Å². The summed E-state index contributed by atoms with van der Waals surface area (Å²) in [4.78, 5) is 11.7. The van der Waals surface area contributed by atoms with Crippen LogP contribution in [0.15, 0.2) is 23.1 Å². The van der Waals surface area contributed by atoms with Gasteiger partial charge in [0, 0.05) is 17.2 Å². The monoisotopic (exact) mass is 337 g/mol. The smallest absolute Gasteiger partial charge is 0.261 e. The Kier molecular flexibility index (Phi) is 4.78. The van der Waals surface area contributed by atoms with Crippen LogP contribution in [0.2, 0.25) is 5.02 Å². The third kappa shape index (κ3) is 3.77. The number of carbonyl (C=O) groups excluding carboxylic acids is 1. The van der Waals surface area contributed by atoms with Crippen molar-refractivity contribution in [2.45, 2.75) is 30.3 Å². The number of benzene rings is 1. The molecule has 1 aromatic carbocycles. The van der Waals surface area contributed by atoms with Gasteiger partial charge < -0.3 is 10.1 Å². The largest absolute Gasteiger partial charge is 0.479 e. The van der Waals surface area contributed by atoms with Crippen LogP contribution in [0.3, 0.4) is 0 Å². The minimum absolute atomic E-state index is 0.101. The fourth-order valence-electron chi connectivity index (χ4n) is 1.91. The highest BCUT2D eigenvalue weighted by Gasteiger charge is 2.23. The van der Waals surface area contributed by atoms with Crippen molar-refractivity contribution in [1.82, 2.24) is 5.32 Å². The summed E-state index contributed by atoms with van der Waals surface area (Å²) in [7, 11) is 1.39. The summed E-state index contributed by atoms with van der Waals surface area (Å²) in [6, 6.07) is 3.89. The average molecular weight is 338 g/mol. The molecule has 1 amide bonds. The van der Waals surface area contributed by atoms with Crippen LogP contribution in [-0.2, 0) is 13.8 Å². The average Bonchev–Trinajstić information content (AvgIpc) is 2.56. The first kappa shape index (κ1) is 15.4. The molecule has 1 aliphatic rings. The van der Waals surface area contributed by atoms with Gasteiger partial charge in [-0.2, -0.15) is 0 Å². The zero-order valence-electron chi connectivity index (χ0n) is 10.4. The highest BCUT2D eigenvalue weighted by atomic mass is 35.7. The molecule has 1 N–H and O–H groups in total. The number of hydrogen-bond acceptors (Lipinski definition) is 4. The molecular weight excluding hydrogens is 325 g/mol. The van der Waals surface area contributed by atoms with E-state index in [4.69, 9.17) is 27.0 Å². The SMILES string of the molecule is O=C1NCCCCC1Oc1ccc(S(=O)(=O)Cl)cc1Cl. The predicted molar refractivity (Wildman–Crippen MR) is 75.8 cm³/mol. The minimum Gasteiger partial charge on any atom is -0.479 e. The van der Waals surface area contributed by atoms with E-state index in [-0.39, 0.29) is 21.6 Å². The summed E-state index contributed by atoms with van der Waals surface area (Å²) < 4.78 is 27.9. The number of hydrogen-bond donors (Lipinski definition) is 1. The third-order valence-corrected chi connectivity index (χ3v) is 4.59. The van der Waals surface area contributed by atoms with Crippen LogP contribution in [0.25, 0.3) is 0 Å². The van der Waals surface area contributed by atoms with Crippen molar-refractivity contribution in [3.63, 3.8) is 0 Å². The Labute approximate surface area is 126 Å². The number of halogens is 2. The first-order valence-electron chi connectivity index (χ1n) is 6.06. The van der Waals surface area contributed by atoms with Gasteiger partial charge in [-0.25, -0.2) is 8.42 Å². The molecule has 1 heterocycles. The third-order valence-electron chi connectivity index (χ3n) is 2.94. The van der Waals surface area contributed by atoms with Gasteiger partial charge in [-0.15, -0.1) is 0 Å². The second kappa shape index (κ2) is 6.20. The number of amides is 1. The van der Waals surface area contributed by atoms with Crippen LogP contribution in [0.5, 0.6) is 5.75 Å². The fourth-order valence-corrected chi connectivity index (χ4v) is 2.97. The maximum Gasteiger partial charge on any atom is 0.261 e. The standard InChI is InChI=1S/C12H13Cl2NO4S/c13-9-7-8(20(14,17)18)4-5-10(9)19-11-3-1-2-6-15-12(11)16/h4-5,7,11H,1-3,6H2,(H,15,16). The van der Waals surface area contributed by atoms with Crippen molar-refractivity contribution in [1.29, 1.82) is 0 Å². The molecule has 0 spiro atoms. The van der Waals surface area contributed by atoms with Gasteiger partial charge in [-0.05, 0) is 37.5 Å². The minimum atomic E-state index is -3.84. The van der Waals surface area contributed by atoms with Crippen LogP contribution in [-0.4, -0.2) is 27.0 Å². The maximum atomic E-state index is 11.8. The van der Waals surface area contributed by atoms with E-state index < -0.39 is 15.2 Å². The van der Waals surface area contributed by atoms with E-state index in [9.17, 15) is 13.2 Å². The zero-order chi connectivity index (χ0) is 14.8. The molecule has 0 bridgehead atoms. The molecule has 0 radical (unpaired) electrons. The molecule has 5 nitrogen and oxygen atoms in total. The predicted octanol–water partition coefficient (Wildman–Crippen LogP) is 2.32. The molecule has 8 heteroatoms. The van der Waals surface area contributed by atoms with Gasteiger partial charge >= 0.3 is 0 Å². The summed E-state index contributed by atoms with van der Waals surface area (Å²) in [6.07, 6.45) is 1.75. The van der Waals surface area contributed by atoms with E-state index >= 15 is 0 Å². The van der Waals surface area contributed by atoms with E-state index in [0.717, 1.165) is 12.8 Å². The molecule has 1 aromatic rings. The lowest BCUT2D eigenvalue weighted by Gasteiger charge is -2.17. The zero-order valence-corrected chi connectivity index (χ0v) is 12.8. The molecule has 110 valence electrons. The maximum absolute atomic E-state index is 11.8. The van der Waals surface area contributed by atoms with Gasteiger partial charge in [-0.1, -0.05) is 11.6 Å². The molecule has 1 aliphatic heterocycles. The second-order valence-electron chi connectivity index (χ2n) is 4.42. The Morgan fingerprint density at radius 3 is 2.70 bits per heavy atom.